The van der Waals surface area contributed by atoms with Crippen molar-refractivity contribution in [2.45, 2.75) is 46.5 Å². The maximum absolute atomic E-state index is 12.2. The molecule has 1 rings (SSSR count). The van der Waals surface area contributed by atoms with Crippen molar-refractivity contribution < 1.29 is 19.1 Å². The molecule has 0 atom stereocenters. The average Bonchev–Trinajstić information content (AvgIpc) is 2.53. The molecule has 0 unspecified atom stereocenters. The van der Waals surface area contributed by atoms with Gasteiger partial charge < -0.3 is 9.47 Å². The summed E-state index contributed by atoms with van der Waals surface area (Å²) >= 11 is 0. The summed E-state index contributed by atoms with van der Waals surface area (Å²) in [6, 6.07) is 7.57. The van der Waals surface area contributed by atoms with Gasteiger partial charge in [0.05, 0.1) is 13.2 Å². The van der Waals surface area contributed by atoms with Gasteiger partial charge in [-0.2, -0.15) is 0 Å². The minimum atomic E-state index is -0.624. The second kappa shape index (κ2) is 10.6. The Kier molecular flexibility index (Phi) is 8.73. The third kappa shape index (κ3) is 7.13. The highest BCUT2D eigenvalue weighted by atomic mass is 16.6. The molecule has 4 nitrogen and oxygen atoms in total. The van der Waals surface area contributed by atoms with Crippen LogP contribution < -0.4 is 0 Å². The van der Waals surface area contributed by atoms with E-state index in [-0.39, 0.29) is 5.57 Å². The normalized spacial score (nSPS) is 10.0. The minimum Gasteiger partial charge on any atom is -0.462 e. The van der Waals surface area contributed by atoms with Gasteiger partial charge in [-0.1, -0.05) is 56.5 Å². The third-order valence-corrected chi connectivity index (χ3v) is 3.26. The highest BCUT2D eigenvalue weighted by Gasteiger charge is 2.21. The quantitative estimate of drug-likeness (QED) is 0.226. The van der Waals surface area contributed by atoms with Gasteiger partial charge >= 0.3 is 11.9 Å². The minimum absolute atomic E-state index is 0.0530. The van der Waals surface area contributed by atoms with Crippen LogP contribution in [-0.4, -0.2) is 25.2 Å². The van der Waals surface area contributed by atoms with Gasteiger partial charge in [-0.15, -0.1) is 0 Å². The summed E-state index contributed by atoms with van der Waals surface area (Å²) in [5, 5.41) is 0. The van der Waals surface area contributed by atoms with Crippen molar-refractivity contribution in [3.63, 3.8) is 0 Å². The Morgan fingerprint density at radius 1 is 1.00 bits per heavy atom. The Balaban J connectivity index is 2.90. The number of carbonyl (C=O) groups excluding carboxylic acids is 2. The lowest BCUT2D eigenvalue weighted by Crippen LogP contribution is -2.19. The third-order valence-electron chi connectivity index (χ3n) is 3.26. The summed E-state index contributed by atoms with van der Waals surface area (Å²) in [6.07, 6.45) is 4.93. The molecule has 126 valence electrons. The Labute approximate surface area is 138 Å². The van der Waals surface area contributed by atoms with Crippen LogP contribution in [-0.2, 0) is 19.1 Å². The number of aryl methyl sites for hydroxylation is 1. The van der Waals surface area contributed by atoms with E-state index >= 15 is 0 Å². The van der Waals surface area contributed by atoms with Crippen molar-refractivity contribution >= 4 is 18.0 Å². The fraction of sp³-hybridized carbons (Fsp3) is 0.474. The summed E-state index contributed by atoms with van der Waals surface area (Å²) in [5.74, 6) is -1.25. The molecule has 0 heterocycles. The number of hydrogen-bond donors (Lipinski definition) is 0. The van der Waals surface area contributed by atoms with Gasteiger partial charge in [0.15, 0.2) is 0 Å². The Morgan fingerprint density at radius 3 is 2.04 bits per heavy atom. The van der Waals surface area contributed by atoms with Gasteiger partial charge in [-0.05, 0) is 31.4 Å². The van der Waals surface area contributed by atoms with Gasteiger partial charge in [-0.25, -0.2) is 9.59 Å². The highest BCUT2D eigenvalue weighted by molar-refractivity contribution is 6.17. The molecule has 0 aromatic heterocycles. The molecule has 0 fully saturated rings. The van der Waals surface area contributed by atoms with Gasteiger partial charge in [-0.3, -0.25) is 0 Å². The molecular formula is C19H26O4. The SMILES string of the molecule is CCCCOC(=O)C(=Cc1cccc(C)c1)C(=O)OCCCC. The summed E-state index contributed by atoms with van der Waals surface area (Å²) in [5.41, 5.74) is 1.78. The lowest BCUT2D eigenvalue weighted by molar-refractivity contribution is -0.147. The molecule has 4 heteroatoms. The zero-order chi connectivity index (χ0) is 17.1. The first-order valence-electron chi connectivity index (χ1n) is 8.21. The van der Waals surface area contributed by atoms with E-state index in [0.717, 1.165) is 36.8 Å². The number of benzene rings is 1. The van der Waals surface area contributed by atoms with E-state index in [2.05, 4.69) is 0 Å². The Morgan fingerprint density at radius 2 is 1.57 bits per heavy atom. The molecule has 1 aromatic carbocycles. The highest BCUT2D eigenvalue weighted by Crippen LogP contribution is 2.13. The topological polar surface area (TPSA) is 52.6 Å². The van der Waals surface area contributed by atoms with E-state index in [4.69, 9.17) is 9.47 Å². The van der Waals surface area contributed by atoms with Gasteiger partial charge in [0, 0.05) is 0 Å². The number of hydrogen-bond acceptors (Lipinski definition) is 4. The molecule has 0 saturated carbocycles. The van der Waals surface area contributed by atoms with Crippen LogP contribution >= 0.6 is 0 Å². The number of ether oxygens (including phenoxy) is 2. The van der Waals surface area contributed by atoms with Crippen LogP contribution in [0.4, 0.5) is 0 Å². The van der Waals surface area contributed by atoms with Crippen LogP contribution in [0.2, 0.25) is 0 Å². The van der Waals surface area contributed by atoms with Crippen molar-refractivity contribution in [2.24, 2.45) is 0 Å². The average molecular weight is 318 g/mol. The molecule has 0 N–H and O–H groups in total. The maximum atomic E-state index is 12.2. The molecule has 0 aliphatic rings. The summed E-state index contributed by atoms with van der Waals surface area (Å²) in [4.78, 5) is 24.4. The van der Waals surface area contributed by atoms with Gasteiger partial charge in [0.2, 0.25) is 0 Å². The number of unbranched alkanes of at least 4 members (excludes halogenated alkanes) is 2. The standard InChI is InChI=1S/C19H26O4/c1-4-6-11-22-18(20)17(19(21)23-12-7-5-2)14-16-10-8-9-15(3)13-16/h8-10,13-14H,4-7,11-12H2,1-3H3. The zero-order valence-electron chi connectivity index (χ0n) is 14.3. The van der Waals surface area contributed by atoms with Crippen molar-refractivity contribution in [2.75, 3.05) is 13.2 Å². The van der Waals surface area contributed by atoms with Crippen molar-refractivity contribution in [3.05, 3.63) is 41.0 Å². The monoisotopic (exact) mass is 318 g/mol. The van der Waals surface area contributed by atoms with Crippen LogP contribution in [0.15, 0.2) is 29.8 Å². The second-order valence-corrected chi connectivity index (χ2v) is 5.45. The second-order valence-electron chi connectivity index (χ2n) is 5.45. The van der Waals surface area contributed by atoms with Crippen LogP contribution in [0.25, 0.3) is 6.08 Å². The molecule has 0 saturated heterocycles. The van der Waals surface area contributed by atoms with Crippen molar-refractivity contribution in [1.29, 1.82) is 0 Å². The molecule has 0 aliphatic carbocycles. The van der Waals surface area contributed by atoms with Crippen LogP contribution in [0.5, 0.6) is 0 Å². The number of rotatable bonds is 9. The van der Waals surface area contributed by atoms with E-state index in [9.17, 15) is 9.59 Å². The summed E-state index contributed by atoms with van der Waals surface area (Å²) in [6.45, 7) is 6.59. The fourth-order valence-corrected chi connectivity index (χ4v) is 1.90. The largest absolute Gasteiger partial charge is 0.462 e. The first kappa shape index (κ1) is 18.9. The molecule has 23 heavy (non-hydrogen) atoms. The fourth-order valence-electron chi connectivity index (χ4n) is 1.90. The van der Waals surface area contributed by atoms with E-state index in [1.165, 1.54) is 6.08 Å². The summed E-state index contributed by atoms with van der Waals surface area (Å²) in [7, 11) is 0. The van der Waals surface area contributed by atoms with E-state index < -0.39 is 11.9 Å². The van der Waals surface area contributed by atoms with Gasteiger partial charge in [0.25, 0.3) is 0 Å². The number of carbonyl (C=O) groups is 2. The lowest BCUT2D eigenvalue weighted by Gasteiger charge is -2.09. The summed E-state index contributed by atoms with van der Waals surface area (Å²) < 4.78 is 10.3. The van der Waals surface area contributed by atoms with Crippen molar-refractivity contribution in [1.82, 2.24) is 0 Å². The lowest BCUT2D eigenvalue weighted by atomic mass is 10.1. The molecule has 0 spiro atoms. The van der Waals surface area contributed by atoms with Crippen LogP contribution in [0, 0.1) is 6.92 Å². The van der Waals surface area contributed by atoms with Crippen molar-refractivity contribution in [3.8, 4) is 0 Å². The van der Waals surface area contributed by atoms with E-state index in [1.807, 2.05) is 45.0 Å². The predicted octanol–water partition coefficient (Wildman–Crippen LogP) is 4.07. The molecule has 0 radical (unpaired) electrons. The molecule has 0 bridgehead atoms. The predicted molar refractivity (Wildman–Crippen MR) is 90.9 cm³/mol. The van der Waals surface area contributed by atoms with Gasteiger partial charge in [0.1, 0.15) is 5.57 Å². The zero-order valence-corrected chi connectivity index (χ0v) is 14.3. The Hall–Kier alpha value is -2.10. The smallest absolute Gasteiger partial charge is 0.345 e. The van der Waals surface area contributed by atoms with E-state index in [0.29, 0.717) is 13.2 Å². The van der Waals surface area contributed by atoms with Crippen LogP contribution in [0.1, 0.15) is 50.7 Å². The maximum Gasteiger partial charge on any atom is 0.345 e. The molecular weight excluding hydrogens is 292 g/mol. The molecule has 1 aromatic rings. The van der Waals surface area contributed by atoms with Crippen LogP contribution in [0.3, 0.4) is 0 Å². The Bertz CT molecular complexity index is 522. The molecule has 0 amide bonds. The number of esters is 2. The first-order chi connectivity index (χ1) is 11.1. The van der Waals surface area contributed by atoms with E-state index in [1.54, 1.807) is 0 Å². The first-order valence-corrected chi connectivity index (χ1v) is 8.21. The molecule has 0 aliphatic heterocycles.